The van der Waals surface area contributed by atoms with Gasteiger partial charge in [0.05, 0.1) is 17.8 Å². The molecule has 25 heavy (non-hydrogen) atoms. The molecule has 0 N–H and O–H groups in total. The van der Waals surface area contributed by atoms with Crippen molar-refractivity contribution >= 4 is 11.7 Å². The molecule has 2 aromatic heterocycles. The molecule has 0 saturated carbocycles. The zero-order chi connectivity index (χ0) is 17.6. The summed E-state index contributed by atoms with van der Waals surface area (Å²) in [7, 11) is 0. The summed E-state index contributed by atoms with van der Waals surface area (Å²) in [6.07, 6.45) is 6.38. The van der Waals surface area contributed by atoms with Gasteiger partial charge in [0, 0.05) is 25.5 Å². The maximum Gasteiger partial charge on any atom is 0.247 e. The molecule has 3 atom stereocenters. The van der Waals surface area contributed by atoms with Crippen LogP contribution in [0.4, 0.5) is 10.2 Å². The molecule has 3 aliphatic rings. The Morgan fingerprint density at radius 1 is 1.36 bits per heavy atom. The number of hydrogen-bond acceptors (Lipinski definition) is 5. The molecule has 2 bridgehead atoms. The van der Waals surface area contributed by atoms with Crippen molar-refractivity contribution in [2.75, 3.05) is 18.0 Å². The van der Waals surface area contributed by atoms with Crippen molar-refractivity contribution in [3.8, 4) is 0 Å². The molecular weight excluding hydrogens is 323 g/mol. The lowest BCUT2D eigenvalue weighted by Gasteiger charge is -2.57. The van der Waals surface area contributed by atoms with E-state index in [2.05, 4.69) is 15.1 Å². The number of nitrogens with zero attached hydrogens (tertiary/aromatic N) is 6. The molecule has 1 amide bonds. The van der Waals surface area contributed by atoms with E-state index in [1.807, 2.05) is 29.7 Å². The number of aromatic nitrogens is 4. The van der Waals surface area contributed by atoms with Gasteiger partial charge in [-0.2, -0.15) is 5.10 Å². The highest BCUT2D eigenvalue weighted by molar-refractivity contribution is 5.82. The summed E-state index contributed by atoms with van der Waals surface area (Å²) in [5.74, 6) is 0.0878. The fourth-order valence-corrected chi connectivity index (χ4v) is 3.84. The first-order valence-electron chi connectivity index (χ1n) is 8.65. The summed E-state index contributed by atoms with van der Waals surface area (Å²) in [6, 6.07) is 1.69. The van der Waals surface area contributed by atoms with Crippen molar-refractivity contribution in [2.24, 2.45) is 0 Å². The smallest absolute Gasteiger partial charge is 0.247 e. The average molecular weight is 344 g/mol. The van der Waals surface area contributed by atoms with E-state index in [1.165, 1.54) is 6.33 Å². The lowest BCUT2D eigenvalue weighted by atomic mass is 9.86. The van der Waals surface area contributed by atoms with E-state index >= 15 is 0 Å². The Hall–Kier alpha value is -2.51. The summed E-state index contributed by atoms with van der Waals surface area (Å²) in [4.78, 5) is 24.8. The van der Waals surface area contributed by atoms with Crippen molar-refractivity contribution < 1.29 is 9.18 Å². The predicted octanol–water partition coefficient (Wildman–Crippen LogP) is 1.43. The van der Waals surface area contributed by atoms with Crippen LogP contribution in [0.3, 0.4) is 0 Å². The minimum absolute atomic E-state index is 0.0713. The maximum atomic E-state index is 14.5. The van der Waals surface area contributed by atoms with E-state index in [-0.39, 0.29) is 29.8 Å². The van der Waals surface area contributed by atoms with Gasteiger partial charge in [-0.3, -0.25) is 9.48 Å². The first-order valence-corrected chi connectivity index (χ1v) is 8.65. The van der Waals surface area contributed by atoms with Crippen molar-refractivity contribution in [1.82, 2.24) is 24.6 Å². The van der Waals surface area contributed by atoms with Crippen LogP contribution in [-0.2, 0) is 11.2 Å². The zero-order valence-corrected chi connectivity index (χ0v) is 14.3. The summed E-state index contributed by atoms with van der Waals surface area (Å²) in [5.41, 5.74) is 0.435. The lowest BCUT2D eigenvalue weighted by molar-refractivity contribution is -0.149. The second-order valence-corrected chi connectivity index (χ2v) is 6.67. The van der Waals surface area contributed by atoms with Crippen LogP contribution in [0.2, 0.25) is 0 Å². The Labute approximate surface area is 145 Å². The number of piperidine rings is 1. The number of carbonyl (C=O) groups is 1. The topological polar surface area (TPSA) is 67.2 Å². The first-order chi connectivity index (χ1) is 12.1. The predicted molar refractivity (Wildman–Crippen MR) is 89.6 cm³/mol. The Morgan fingerprint density at radius 2 is 2.12 bits per heavy atom. The number of aryl methyl sites for hydroxylation is 1. The monoisotopic (exact) mass is 344 g/mol. The van der Waals surface area contributed by atoms with Crippen LogP contribution < -0.4 is 4.90 Å². The Bertz CT molecular complexity index is 767. The molecule has 0 spiro atoms. The van der Waals surface area contributed by atoms with Gasteiger partial charge in [0.2, 0.25) is 5.91 Å². The quantitative estimate of drug-likeness (QED) is 0.839. The van der Waals surface area contributed by atoms with Crippen LogP contribution in [0.1, 0.15) is 32.0 Å². The summed E-state index contributed by atoms with van der Waals surface area (Å²) < 4.78 is 16.2. The van der Waals surface area contributed by atoms with Crippen LogP contribution >= 0.6 is 0 Å². The van der Waals surface area contributed by atoms with Crippen LogP contribution in [0.15, 0.2) is 24.8 Å². The molecule has 0 aromatic carbocycles. The van der Waals surface area contributed by atoms with E-state index in [9.17, 15) is 9.18 Å². The minimum atomic E-state index is -0.339. The molecule has 7 nitrogen and oxygen atoms in total. The van der Waals surface area contributed by atoms with Gasteiger partial charge in [0.1, 0.15) is 12.4 Å². The number of piperazine rings is 1. The second kappa shape index (κ2) is 6.09. The number of hydrogen-bond donors (Lipinski definition) is 0. The highest BCUT2D eigenvalue weighted by Gasteiger charge is 2.49. The van der Waals surface area contributed by atoms with E-state index < -0.39 is 0 Å². The molecule has 132 valence electrons. The fourth-order valence-electron chi connectivity index (χ4n) is 3.84. The first kappa shape index (κ1) is 16.0. The summed E-state index contributed by atoms with van der Waals surface area (Å²) in [6.45, 7) is 4.94. The molecular formula is C17H21FN6O. The molecule has 3 unspecified atom stereocenters. The third kappa shape index (κ3) is 2.56. The molecule has 5 rings (SSSR count). The molecule has 0 aliphatic carbocycles. The number of fused-ring (bicyclic) bond motifs is 2. The lowest BCUT2D eigenvalue weighted by Crippen LogP contribution is -2.71. The summed E-state index contributed by atoms with van der Waals surface area (Å²) >= 11 is 0. The number of amides is 1. The SMILES string of the molecule is CCc1ncnc(N2CC3CC(C2)N3C(=O)C(C)n2cccn2)c1F. The van der Waals surface area contributed by atoms with Gasteiger partial charge in [-0.15, -0.1) is 0 Å². The Balaban J connectivity index is 1.49. The van der Waals surface area contributed by atoms with E-state index in [0.717, 1.165) is 6.42 Å². The maximum absolute atomic E-state index is 14.5. The van der Waals surface area contributed by atoms with Crippen LogP contribution in [0.25, 0.3) is 0 Å². The van der Waals surface area contributed by atoms with Gasteiger partial charge in [-0.25, -0.2) is 14.4 Å². The highest BCUT2D eigenvalue weighted by Crippen LogP contribution is 2.36. The van der Waals surface area contributed by atoms with Gasteiger partial charge in [0.15, 0.2) is 11.6 Å². The molecule has 8 heteroatoms. The van der Waals surface area contributed by atoms with Crippen LogP contribution in [0.5, 0.6) is 0 Å². The van der Waals surface area contributed by atoms with E-state index in [1.54, 1.807) is 17.1 Å². The Kier molecular flexibility index (Phi) is 3.89. The van der Waals surface area contributed by atoms with Crippen LogP contribution in [-0.4, -0.2) is 55.7 Å². The van der Waals surface area contributed by atoms with Gasteiger partial charge >= 0.3 is 0 Å². The average Bonchev–Trinajstić information content (AvgIpc) is 3.15. The van der Waals surface area contributed by atoms with Crippen molar-refractivity contribution in [2.45, 2.75) is 44.8 Å². The van der Waals surface area contributed by atoms with Gasteiger partial charge in [0.25, 0.3) is 0 Å². The third-order valence-corrected chi connectivity index (χ3v) is 5.20. The second-order valence-electron chi connectivity index (χ2n) is 6.67. The Morgan fingerprint density at radius 3 is 2.76 bits per heavy atom. The molecule has 0 radical (unpaired) electrons. The van der Waals surface area contributed by atoms with E-state index in [0.29, 0.717) is 31.0 Å². The molecule has 5 heterocycles. The highest BCUT2D eigenvalue weighted by atomic mass is 19.1. The van der Waals surface area contributed by atoms with Crippen molar-refractivity contribution in [3.63, 3.8) is 0 Å². The third-order valence-electron chi connectivity index (χ3n) is 5.20. The van der Waals surface area contributed by atoms with E-state index in [4.69, 9.17) is 0 Å². The molecule has 3 aliphatic heterocycles. The number of anilines is 1. The summed E-state index contributed by atoms with van der Waals surface area (Å²) in [5, 5.41) is 4.16. The molecule has 3 saturated heterocycles. The van der Waals surface area contributed by atoms with Gasteiger partial charge in [-0.05, 0) is 25.8 Å². The van der Waals surface area contributed by atoms with Crippen molar-refractivity contribution in [1.29, 1.82) is 0 Å². The number of halogens is 1. The molecule has 3 fully saturated rings. The van der Waals surface area contributed by atoms with Crippen LogP contribution in [0, 0.1) is 5.82 Å². The normalized spacial score (nSPS) is 23.3. The number of rotatable bonds is 4. The number of carbonyl (C=O) groups excluding carboxylic acids is 1. The molecule has 2 aromatic rings. The van der Waals surface area contributed by atoms with Gasteiger partial charge < -0.3 is 9.80 Å². The largest absolute Gasteiger partial charge is 0.350 e. The minimum Gasteiger partial charge on any atom is -0.350 e. The standard InChI is InChI=1S/C17H21FN6O/c1-3-14-15(18)16(20-10-19-14)22-8-12-7-13(9-22)24(12)17(25)11(2)23-6-4-5-21-23/h4-6,10-13H,3,7-9H2,1-2H3. The van der Waals surface area contributed by atoms with Crippen molar-refractivity contribution in [3.05, 3.63) is 36.3 Å². The fraction of sp³-hybridized carbons (Fsp3) is 0.529. The van der Waals surface area contributed by atoms with Gasteiger partial charge in [-0.1, -0.05) is 6.92 Å². The zero-order valence-electron chi connectivity index (χ0n) is 14.3.